The lowest BCUT2D eigenvalue weighted by atomic mass is 10.00. The van der Waals surface area contributed by atoms with Crippen LogP contribution in [0.5, 0.6) is 0 Å². The molecular formula is C11H15N3O5S. The fourth-order valence-corrected chi connectivity index (χ4v) is 1.92. The van der Waals surface area contributed by atoms with Crippen LogP contribution in [0.25, 0.3) is 0 Å². The maximum Gasteiger partial charge on any atom is 0.269 e. The van der Waals surface area contributed by atoms with E-state index in [9.17, 15) is 23.3 Å². The summed E-state index contributed by atoms with van der Waals surface area (Å²) in [6, 6.07) is 5.72. The number of benzene rings is 1. The molecule has 0 aliphatic carbocycles. The molecule has 0 heterocycles. The van der Waals surface area contributed by atoms with Crippen molar-refractivity contribution in [2.24, 2.45) is 5.14 Å². The molecule has 0 saturated heterocycles. The molecule has 0 saturated carbocycles. The second kappa shape index (κ2) is 6.44. The molecule has 3 N–H and O–H groups in total. The molecule has 0 radical (unpaired) electrons. The first-order chi connectivity index (χ1) is 9.20. The van der Waals surface area contributed by atoms with E-state index in [1.165, 1.54) is 18.2 Å². The Labute approximate surface area is 116 Å². The van der Waals surface area contributed by atoms with Gasteiger partial charge in [0.15, 0.2) is 0 Å². The van der Waals surface area contributed by atoms with E-state index >= 15 is 0 Å². The van der Waals surface area contributed by atoms with Crippen molar-refractivity contribution in [1.29, 1.82) is 0 Å². The molecule has 1 rings (SSSR count). The summed E-state index contributed by atoms with van der Waals surface area (Å²) in [5, 5.41) is 17.9. The number of carbonyl (C=O) groups excluding carboxylic acids is 1. The van der Waals surface area contributed by atoms with E-state index < -0.39 is 26.8 Å². The number of carbonyl (C=O) groups is 1. The van der Waals surface area contributed by atoms with Crippen LogP contribution in [-0.2, 0) is 14.8 Å². The number of hydrogen-bond acceptors (Lipinski definition) is 5. The molecule has 1 unspecified atom stereocenters. The Morgan fingerprint density at radius 1 is 1.50 bits per heavy atom. The molecule has 8 nitrogen and oxygen atoms in total. The lowest BCUT2D eigenvalue weighted by molar-refractivity contribution is -0.384. The van der Waals surface area contributed by atoms with Gasteiger partial charge >= 0.3 is 0 Å². The van der Waals surface area contributed by atoms with Crippen LogP contribution < -0.4 is 10.5 Å². The Morgan fingerprint density at radius 2 is 2.15 bits per heavy atom. The summed E-state index contributed by atoms with van der Waals surface area (Å²) >= 11 is 0. The maximum absolute atomic E-state index is 11.8. The Morgan fingerprint density at radius 3 is 2.70 bits per heavy atom. The molecule has 0 spiro atoms. The summed E-state index contributed by atoms with van der Waals surface area (Å²) in [7, 11) is -3.63. The number of amides is 1. The first-order valence-corrected chi connectivity index (χ1v) is 7.45. The molecule has 0 aromatic heterocycles. The highest BCUT2D eigenvalue weighted by molar-refractivity contribution is 7.89. The highest BCUT2D eigenvalue weighted by Gasteiger charge is 2.17. The number of nitro benzene ring substituents is 1. The minimum atomic E-state index is -3.63. The highest BCUT2D eigenvalue weighted by Crippen LogP contribution is 2.20. The zero-order chi connectivity index (χ0) is 15.3. The van der Waals surface area contributed by atoms with Crippen molar-refractivity contribution >= 4 is 21.6 Å². The quantitative estimate of drug-likeness (QED) is 0.568. The van der Waals surface area contributed by atoms with Gasteiger partial charge in [-0.3, -0.25) is 14.9 Å². The Bertz CT molecular complexity index is 614. The standard InChI is InChI=1S/C11H15N3O5S/c1-8(11(15)13-5-6-20(12,18)19)9-3-2-4-10(7-9)14(16)17/h2-4,7-8H,5-6H2,1H3,(H,13,15)(H2,12,18,19). The van der Waals surface area contributed by atoms with E-state index in [1.807, 2.05) is 0 Å². The van der Waals surface area contributed by atoms with Crippen LogP contribution >= 0.6 is 0 Å². The van der Waals surface area contributed by atoms with Gasteiger partial charge < -0.3 is 5.32 Å². The number of nitrogens with zero attached hydrogens (tertiary/aromatic N) is 1. The maximum atomic E-state index is 11.8. The highest BCUT2D eigenvalue weighted by atomic mass is 32.2. The van der Waals surface area contributed by atoms with Gasteiger partial charge in [0.2, 0.25) is 15.9 Å². The molecular weight excluding hydrogens is 286 g/mol. The van der Waals surface area contributed by atoms with Gasteiger partial charge in [0, 0.05) is 18.7 Å². The number of nitrogens with one attached hydrogen (secondary N) is 1. The zero-order valence-electron chi connectivity index (χ0n) is 10.8. The van der Waals surface area contributed by atoms with Crippen molar-refractivity contribution in [3.8, 4) is 0 Å². The van der Waals surface area contributed by atoms with E-state index in [4.69, 9.17) is 5.14 Å². The Hall–Kier alpha value is -2.00. The molecule has 1 aromatic carbocycles. The number of primary sulfonamides is 1. The van der Waals surface area contributed by atoms with Gasteiger partial charge in [-0.15, -0.1) is 0 Å². The lowest BCUT2D eigenvalue weighted by Gasteiger charge is -2.12. The van der Waals surface area contributed by atoms with Gasteiger partial charge in [-0.25, -0.2) is 13.6 Å². The summed E-state index contributed by atoms with van der Waals surface area (Å²) < 4.78 is 21.4. The van der Waals surface area contributed by atoms with Gasteiger partial charge in [-0.1, -0.05) is 12.1 Å². The van der Waals surface area contributed by atoms with Crippen molar-refractivity contribution in [1.82, 2.24) is 5.32 Å². The monoisotopic (exact) mass is 301 g/mol. The minimum Gasteiger partial charge on any atom is -0.355 e. The summed E-state index contributed by atoms with van der Waals surface area (Å²) in [5.41, 5.74) is 0.374. The predicted octanol–water partition coefficient (Wildman–Crippen LogP) is 0.103. The second-order valence-corrected chi connectivity index (χ2v) is 5.97. The van der Waals surface area contributed by atoms with Gasteiger partial charge in [0.25, 0.3) is 5.69 Å². The average Bonchev–Trinajstić information content (AvgIpc) is 2.36. The van der Waals surface area contributed by atoms with Crippen LogP contribution in [0.1, 0.15) is 18.4 Å². The van der Waals surface area contributed by atoms with Crippen molar-refractivity contribution in [2.45, 2.75) is 12.8 Å². The summed E-state index contributed by atoms with van der Waals surface area (Å²) in [6.07, 6.45) is 0. The van der Waals surface area contributed by atoms with Crippen molar-refractivity contribution in [3.05, 3.63) is 39.9 Å². The SMILES string of the molecule is CC(C(=O)NCCS(N)(=O)=O)c1cccc([N+](=O)[O-])c1. The lowest BCUT2D eigenvalue weighted by Crippen LogP contribution is -2.33. The molecule has 1 aromatic rings. The van der Waals surface area contributed by atoms with E-state index in [1.54, 1.807) is 13.0 Å². The summed E-state index contributed by atoms with van der Waals surface area (Å²) in [6.45, 7) is 1.47. The Kier molecular flexibility index (Phi) is 5.17. The third-order valence-electron chi connectivity index (χ3n) is 2.66. The third-order valence-corrected chi connectivity index (χ3v) is 3.43. The smallest absolute Gasteiger partial charge is 0.269 e. The molecule has 1 amide bonds. The molecule has 1 atom stereocenters. The van der Waals surface area contributed by atoms with E-state index in [2.05, 4.69) is 5.32 Å². The average molecular weight is 301 g/mol. The van der Waals surface area contributed by atoms with Crippen LogP contribution in [0, 0.1) is 10.1 Å². The fraction of sp³-hybridized carbons (Fsp3) is 0.364. The third kappa shape index (κ3) is 4.94. The van der Waals surface area contributed by atoms with E-state index in [-0.39, 0.29) is 18.0 Å². The number of sulfonamides is 1. The molecule has 110 valence electrons. The van der Waals surface area contributed by atoms with Crippen LogP contribution in [0.2, 0.25) is 0 Å². The van der Waals surface area contributed by atoms with Crippen molar-refractivity contribution in [3.63, 3.8) is 0 Å². The predicted molar refractivity (Wildman–Crippen MR) is 72.5 cm³/mol. The second-order valence-electron chi connectivity index (χ2n) is 4.23. The number of rotatable bonds is 6. The van der Waals surface area contributed by atoms with Crippen LogP contribution in [0.3, 0.4) is 0 Å². The largest absolute Gasteiger partial charge is 0.355 e. The zero-order valence-corrected chi connectivity index (χ0v) is 11.6. The topological polar surface area (TPSA) is 132 Å². The first-order valence-electron chi connectivity index (χ1n) is 5.73. The normalized spacial score (nSPS) is 12.7. The molecule has 20 heavy (non-hydrogen) atoms. The molecule has 9 heteroatoms. The van der Waals surface area contributed by atoms with Crippen molar-refractivity contribution in [2.75, 3.05) is 12.3 Å². The summed E-state index contributed by atoms with van der Waals surface area (Å²) in [5.74, 6) is -1.41. The van der Waals surface area contributed by atoms with Crippen LogP contribution in [0.4, 0.5) is 5.69 Å². The number of hydrogen-bond donors (Lipinski definition) is 2. The van der Waals surface area contributed by atoms with Gasteiger partial charge in [-0.2, -0.15) is 0 Å². The Balaban J connectivity index is 2.69. The summed E-state index contributed by atoms with van der Waals surface area (Å²) in [4.78, 5) is 21.9. The molecule has 0 aliphatic rings. The molecule has 0 fully saturated rings. The number of nitro groups is 1. The van der Waals surface area contributed by atoms with E-state index in [0.29, 0.717) is 5.56 Å². The number of nitrogens with two attached hydrogens (primary N) is 1. The van der Waals surface area contributed by atoms with Gasteiger partial charge in [0.1, 0.15) is 0 Å². The van der Waals surface area contributed by atoms with Crippen molar-refractivity contribution < 1.29 is 18.1 Å². The van der Waals surface area contributed by atoms with Crippen LogP contribution in [-0.4, -0.2) is 31.5 Å². The van der Waals surface area contributed by atoms with E-state index in [0.717, 1.165) is 0 Å². The molecule has 0 aliphatic heterocycles. The fourth-order valence-electron chi connectivity index (χ4n) is 1.53. The van der Waals surface area contributed by atoms with Gasteiger partial charge in [-0.05, 0) is 12.5 Å². The first kappa shape index (κ1) is 16.1. The van der Waals surface area contributed by atoms with Gasteiger partial charge in [0.05, 0.1) is 16.6 Å². The minimum absolute atomic E-state index is 0.100. The van der Waals surface area contributed by atoms with Crippen LogP contribution in [0.15, 0.2) is 24.3 Å². The number of non-ortho nitro benzene ring substituents is 1. The molecule has 0 bridgehead atoms.